The fraction of sp³-hybridized carbons (Fsp3) is 0.429. The molecule has 7 heteroatoms. The van der Waals surface area contributed by atoms with Crippen molar-refractivity contribution in [2.45, 2.75) is 32.9 Å². The fourth-order valence-electron chi connectivity index (χ4n) is 3.23. The van der Waals surface area contributed by atoms with Gasteiger partial charge >= 0.3 is 0 Å². The summed E-state index contributed by atoms with van der Waals surface area (Å²) < 4.78 is 11.0. The van der Waals surface area contributed by atoms with Gasteiger partial charge in [-0.3, -0.25) is 9.59 Å². The van der Waals surface area contributed by atoms with Gasteiger partial charge in [-0.05, 0) is 37.1 Å². The molecular formula is C21H27N3O4. The summed E-state index contributed by atoms with van der Waals surface area (Å²) in [5.74, 6) is 1.09. The quantitative estimate of drug-likeness (QED) is 0.822. The van der Waals surface area contributed by atoms with Crippen LogP contribution in [-0.2, 0) is 17.8 Å². The minimum atomic E-state index is -0.573. The SMILES string of the molecule is CCc1ccc(OC(C)C(=O)N2CCN(C(=O)c3coc(CN)c3)CC2)cc1. The van der Waals surface area contributed by atoms with Crippen molar-refractivity contribution in [1.82, 2.24) is 9.80 Å². The molecule has 1 aromatic carbocycles. The molecule has 0 bridgehead atoms. The number of piperazine rings is 1. The van der Waals surface area contributed by atoms with E-state index in [2.05, 4.69) is 6.92 Å². The van der Waals surface area contributed by atoms with Gasteiger partial charge in [-0.1, -0.05) is 19.1 Å². The van der Waals surface area contributed by atoms with Crippen molar-refractivity contribution in [3.8, 4) is 5.75 Å². The van der Waals surface area contributed by atoms with Gasteiger partial charge in [0.1, 0.15) is 17.8 Å². The topological polar surface area (TPSA) is 89.0 Å². The van der Waals surface area contributed by atoms with E-state index in [1.807, 2.05) is 24.3 Å². The van der Waals surface area contributed by atoms with Crippen molar-refractivity contribution in [3.63, 3.8) is 0 Å². The molecule has 1 fully saturated rings. The molecule has 1 saturated heterocycles. The Balaban J connectivity index is 1.51. The normalized spacial score (nSPS) is 15.4. The first kappa shape index (κ1) is 19.9. The van der Waals surface area contributed by atoms with Crippen molar-refractivity contribution in [2.75, 3.05) is 26.2 Å². The van der Waals surface area contributed by atoms with E-state index in [9.17, 15) is 9.59 Å². The number of carbonyl (C=O) groups is 2. The van der Waals surface area contributed by atoms with E-state index in [1.165, 1.54) is 11.8 Å². The molecule has 1 aliphatic rings. The molecule has 0 aliphatic carbocycles. The average Bonchev–Trinajstić information content (AvgIpc) is 3.22. The maximum Gasteiger partial charge on any atom is 0.263 e. The number of hydrogen-bond acceptors (Lipinski definition) is 5. The van der Waals surface area contributed by atoms with Gasteiger partial charge in [0.05, 0.1) is 12.1 Å². The Hall–Kier alpha value is -2.80. The van der Waals surface area contributed by atoms with Crippen LogP contribution in [-0.4, -0.2) is 53.9 Å². The maximum absolute atomic E-state index is 12.7. The lowest BCUT2D eigenvalue weighted by Gasteiger charge is -2.35. The minimum Gasteiger partial charge on any atom is -0.481 e. The molecule has 2 heterocycles. The van der Waals surface area contributed by atoms with Crippen LogP contribution in [0.2, 0.25) is 0 Å². The highest BCUT2D eigenvalue weighted by molar-refractivity contribution is 5.94. The first-order valence-electron chi connectivity index (χ1n) is 9.63. The van der Waals surface area contributed by atoms with Crippen molar-refractivity contribution in [3.05, 3.63) is 53.5 Å². The van der Waals surface area contributed by atoms with E-state index in [4.69, 9.17) is 14.9 Å². The Morgan fingerprint density at radius 2 is 1.79 bits per heavy atom. The van der Waals surface area contributed by atoms with Crippen molar-refractivity contribution in [1.29, 1.82) is 0 Å². The molecule has 0 radical (unpaired) electrons. The van der Waals surface area contributed by atoms with Crippen LogP contribution in [0.15, 0.2) is 41.0 Å². The number of aryl methyl sites for hydroxylation is 1. The molecule has 2 aromatic rings. The lowest BCUT2D eigenvalue weighted by atomic mass is 10.2. The van der Waals surface area contributed by atoms with Gasteiger partial charge in [0.25, 0.3) is 11.8 Å². The molecule has 3 rings (SSSR count). The Morgan fingerprint density at radius 3 is 2.36 bits per heavy atom. The van der Waals surface area contributed by atoms with Gasteiger partial charge in [0.2, 0.25) is 0 Å². The molecule has 28 heavy (non-hydrogen) atoms. The molecule has 2 amide bonds. The minimum absolute atomic E-state index is 0.0691. The van der Waals surface area contributed by atoms with Crippen molar-refractivity contribution in [2.24, 2.45) is 5.73 Å². The Kier molecular flexibility index (Phi) is 6.36. The van der Waals surface area contributed by atoms with Gasteiger partial charge in [-0.25, -0.2) is 0 Å². The summed E-state index contributed by atoms with van der Waals surface area (Å²) in [5.41, 5.74) is 7.23. The van der Waals surface area contributed by atoms with Crippen molar-refractivity contribution < 1.29 is 18.7 Å². The highest BCUT2D eigenvalue weighted by Crippen LogP contribution is 2.17. The van der Waals surface area contributed by atoms with Crippen LogP contribution >= 0.6 is 0 Å². The van der Waals surface area contributed by atoms with E-state index >= 15 is 0 Å². The number of nitrogens with zero attached hydrogens (tertiary/aromatic N) is 2. The van der Waals surface area contributed by atoms with Gasteiger partial charge in [0.15, 0.2) is 6.10 Å². The highest BCUT2D eigenvalue weighted by atomic mass is 16.5. The second-order valence-corrected chi connectivity index (χ2v) is 6.88. The van der Waals surface area contributed by atoms with Gasteiger partial charge in [-0.2, -0.15) is 0 Å². The number of furan rings is 1. The molecule has 150 valence electrons. The van der Waals surface area contributed by atoms with Gasteiger partial charge < -0.3 is 24.7 Å². The van der Waals surface area contributed by atoms with Crippen molar-refractivity contribution >= 4 is 11.8 Å². The molecule has 2 N–H and O–H groups in total. The van der Waals surface area contributed by atoms with Crippen LogP contribution in [0.3, 0.4) is 0 Å². The standard InChI is InChI=1S/C21H27N3O4/c1-3-16-4-6-18(7-5-16)28-15(2)20(25)23-8-10-24(11-9-23)21(26)17-12-19(13-22)27-14-17/h4-7,12,14-15H,3,8-11,13,22H2,1-2H3. The number of amides is 2. The second-order valence-electron chi connectivity index (χ2n) is 6.88. The molecule has 1 aliphatic heterocycles. The predicted octanol–water partition coefficient (Wildman–Crippen LogP) is 2.05. The summed E-state index contributed by atoms with van der Waals surface area (Å²) in [5, 5.41) is 0. The number of benzene rings is 1. The fourth-order valence-corrected chi connectivity index (χ4v) is 3.23. The van der Waals surface area contributed by atoms with E-state index in [-0.39, 0.29) is 18.4 Å². The van der Waals surface area contributed by atoms with E-state index in [0.717, 1.165) is 6.42 Å². The van der Waals surface area contributed by atoms with Crippen LogP contribution in [0, 0.1) is 0 Å². The summed E-state index contributed by atoms with van der Waals surface area (Å²) in [7, 11) is 0. The number of hydrogen-bond donors (Lipinski definition) is 1. The zero-order valence-corrected chi connectivity index (χ0v) is 16.4. The summed E-state index contributed by atoms with van der Waals surface area (Å²) in [4.78, 5) is 28.7. The van der Waals surface area contributed by atoms with E-state index in [1.54, 1.807) is 22.8 Å². The summed E-state index contributed by atoms with van der Waals surface area (Å²) in [6, 6.07) is 9.45. The molecule has 0 spiro atoms. The number of nitrogens with two attached hydrogens (primary N) is 1. The van der Waals surface area contributed by atoms with Crippen LogP contribution < -0.4 is 10.5 Å². The summed E-state index contributed by atoms with van der Waals surface area (Å²) in [6.45, 7) is 6.03. The number of rotatable bonds is 6. The third-order valence-corrected chi connectivity index (χ3v) is 4.97. The lowest BCUT2D eigenvalue weighted by Crippen LogP contribution is -2.53. The molecule has 1 atom stereocenters. The largest absolute Gasteiger partial charge is 0.481 e. The third kappa shape index (κ3) is 4.54. The molecule has 0 saturated carbocycles. The van der Waals surface area contributed by atoms with Gasteiger partial charge in [-0.15, -0.1) is 0 Å². The average molecular weight is 385 g/mol. The van der Waals surface area contributed by atoms with Crippen LogP contribution in [0.25, 0.3) is 0 Å². The second kappa shape index (κ2) is 8.93. The maximum atomic E-state index is 12.7. The number of carbonyl (C=O) groups excluding carboxylic acids is 2. The summed E-state index contributed by atoms with van der Waals surface area (Å²) in [6.07, 6.45) is 1.82. The highest BCUT2D eigenvalue weighted by Gasteiger charge is 2.28. The smallest absolute Gasteiger partial charge is 0.263 e. The summed E-state index contributed by atoms with van der Waals surface area (Å²) >= 11 is 0. The first-order chi connectivity index (χ1) is 13.5. The van der Waals surface area contributed by atoms with Crippen LogP contribution in [0.1, 0.15) is 35.5 Å². The lowest BCUT2D eigenvalue weighted by molar-refractivity contribution is -0.139. The van der Waals surface area contributed by atoms with E-state index < -0.39 is 6.10 Å². The zero-order chi connectivity index (χ0) is 20.1. The van der Waals surface area contributed by atoms with Crippen LogP contribution in [0.4, 0.5) is 0 Å². The molecule has 1 aromatic heterocycles. The zero-order valence-electron chi connectivity index (χ0n) is 16.4. The number of ether oxygens (including phenoxy) is 1. The molecule has 7 nitrogen and oxygen atoms in total. The Morgan fingerprint density at radius 1 is 1.14 bits per heavy atom. The molecule has 1 unspecified atom stereocenters. The van der Waals surface area contributed by atoms with E-state index in [0.29, 0.717) is 43.3 Å². The Labute approximate surface area is 165 Å². The first-order valence-corrected chi connectivity index (χ1v) is 9.63. The monoisotopic (exact) mass is 385 g/mol. The van der Waals surface area contributed by atoms with Gasteiger partial charge in [0, 0.05) is 26.2 Å². The van der Waals surface area contributed by atoms with Crippen LogP contribution in [0.5, 0.6) is 5.75 Å². The molecular weight excluding hydrogens is 358 g/mol. The third-order valence-electron chi connectivity index (χ3n) is 4.97. The predicted molar refractivity (Wildman–Crippen MR) is 105 cm³/mol. The Bertz CT molecular complexity index is 807.